The standard InChI is InChI=1S/C22H24FN7O2S/c1-13-27-19(11-29(13)2)33(31,32)28-18-8-7-14(9-17(18)23)16-10-30(15-5-3-4-6-15)22-20(16)21(24)25-12-26-22/h7-12,15,28H,3-6H2,1-2H3,(H2,24,25,26). The number of fused-ring (bicyclic) bond motifs is 1. The van der Waals surface area contributed by atoms with Gasteiger partial charge in [-0.2, -0.15) is 8.42 Å². The van der Waals surface area contributed by atoms with Crippen molar-refractivity contribution in [2.24, 2.45) is 7.05 Å². The average molecular weight is 470 g/mol. The lowest BCUT2D eigenvalue weighted by Crippen LogP contribution is -2.14. The van der Waals surface area contributed by atoms with Crippen LogP contribution in [0.4, 0.5) is 15.9 Å². The summed E-state index contributed by atoms with van der Waals surface area (Å²) in [7, 11) is -2.34. The Kier molecular flexibility index (Phi) is 5.08. The Labute approximate surface area is 190 Å². The van der Waals surface area contributed by atoms with Crippen LogP contribution in [-0.2, 0) is 17.1 Å². The Morgan fingerprint density at radius 1 is 1.18 bits per heavy atom. The molecule has 1 aliphatic rings. The van der Waals surface area contributed by atoms with Crippen LogP contribution in [0.2, 0.25) is 0 Å². The van der Waals surface area contributed by atoms with Crippen molar-refractivity contribution in [1.82, 2.24) is 24.1 Å². The summed E-state index contributed by atoms with van der Waals surface area (Å²) in [6, 6.07) is 4.66. The number of aryl methyl sites for hydroxylation is 2. The van der Waals surface area contributed by atoms with Crippen LogP contribution in [0.5, 0.6) is 0 Å². The van der Waals surface area contributed by atoms with Gasteiger partial charge in [-0.05, 0) is 37.5 Å². The van der Waals surface area contributed by atoms with Gasteiger partial charge in [0.05, 0.1) is 11.1 Å². The molecule has 33 heavy (non-hydrogen) atoms. The summed E-state index contributed by atoms with van der Waals surface area (Å²) < 4.78 is 46.3. The molecule has 0 saturated heterocycles. The number of imidazole rings is 1. The van der Waals surface area contributed by atoms with Gasteiger partial charge in [-0.25, -0.2) is 19.3 Å². The maximum atomic E-state index is 15.1. The Hall–Kier alpha value is -3.47. The molecule has 3 heterocycles. The highest BCUT2D eigenvalue weighted by Gasteiger charge is 2.24. The van der Waals surface area contributed by atoms with Crippen molar-refractivity contribution < 1.29 is 12.8 Å². The number of nitrogen functional groups attached to an aromatic ring is 1. The lowest BCUT2D eigenvalue weighted by atomic mass is 10.1. The molecule has 0 aliphatic heterocycles. The van der Waals surface area contributed by atoms with Crippen LogP contribution in [0.25, 0.3) is 22.2 Å². The van der Waals surface area contributed by atoms with Crippen molar-refractivity contribution >= 4 is 32.6 Å². The highest BCUT2D eigenvalue weighted by molar-refractivity contribution is 7.92. The fourth-order valence-electron chi connectivity index (χ4n) is 4.41. The van der Waals surface area contributed by atoms with Crippen molar-refractivity contribution in [3.05, 3.63) is 48.6 Å². The van der Waals surface area contributed by atoms with Gasteiger partial charge < -0.3 is 14.9 Å². The summed E-state index contributed by atoms with van der Waals surface area (Å²) in [6.45, 7) is 1.69. The van der Waals surface area contributed by atoms with Crippen LogP contribution in [0.1, 0.15) is 37.5 Å². The predicted molar refractivity (Wildman–Crippen MR) is 124 cm³/mol. The van der Waals surface area contributed by atoms with Gasteiger partial charge in [0.25, 0.3) is 10.0 Å². The Morgan fingerprint density at radius 2 is 1.94 bits per heavy atom. The van der Waals surface area contributed by atoms with Crippen LogP contribution >= 0.6 is 0 Å². The van der Waals surface area contributed by atoms with Gasteiger partial charge in [0.2, 0.25) is 0 Å². The quantitative estimate of drug-likeness (QED) is 0.459. The molecule has 0 bridgehead atoms. The molecule has 0 spiro atoms. The number of nitrogens with one attached hydrogen (secondary N) is 1. The number of aromatic nitrogens is 5. The first-order chi connectivity index (χ1) is 15.7. The van der Waals surface area contributed by atoms with Gasteiger partial charge >= 0.3 is 0 Å². The SMILES string of the molecule is Cc1nc(S(=O)(=O)Nc2ccc(-c3cn(C4CCCC4)c4ncnc(N)c34)cc2F)cn1C. The van der Waals surface area contributed by atoms with Crippen LogP contribution in [0.3, 0.4) is 0 Å². The number of benzene rings is 1. The highest BCUT2D eigenvalue weighted by atomic mass is 32.2. The van der Waals surface area contributed by atoms with Crippen LogP contribution in [-0.4, -0.2) is 32.5 Å². The molecule has 4 aromatic rings. The van der Waals surface area contributed by atoms with Gasteiger partial charge in [0.1, 0.15) is 29.4 Å². The van der Waals surface area contributed by atoms with Gasteiger partial charge in [-0.15, -0.1) is 0 Å². The molecular weight excluding hydrogens is 445 g/mol. The lowest BCUT2D eigenvalue weighted by molar-refractivity contribution is 0.532. The minimum Gasteiger partial charge on any atom is -0.383 e. The maximum Gasteiger partial charge on any atom is 0.281 e. The summed E-state index contributed by atoms with van der Waals surface area (Å²) in [5.74, 6) is 0.146. The van der Waals surface area contributed by atoms with E-state index in [1.807, 2.05) is 6.20 Å². The Bertz CT molecular complexity index is 1450. The summed E-state index contributed by atoms with van der Waals surface area (Å²) >= 11 is 0. The zero-order chi connectivity index (χ0) is 23.3. The monoisotopic (exact) mass is 469 g/mol. The molecule has 3 N–H and O–H groups in total. The van der Waals surface area contributed by atoms with Crippen molar-refractivity contribution in [2.75, 3.05) is 10.5 Å². The van der Waals surface area contributed by atoms with Crippen LogP contribution in [0, 0.1) is 12.7 Å². The van der Waals surface area contributed by atoms with Crippen molar-refractivity contribution in [1.29, 1.82) is 0 Å². The first kappa shape index (κ1) is 21.4. The molecule has 1 saturated carbocycles. The minimum absolute atomic E-state index is 0.161. The third-order valence-corrected chi connectivity index (χ3v) is 7.48. The Balaban J connectivity index is 1.53. The first-order valence-electron chi connectivity index (χ1n) is 10.7. The second-order valence-corrected chi connectivity index (χ2v) is 10.0. The van der Waals surface area contributed by atoms with Crippen LogP contribution in [0.15, 0.2) is 41.9 Å². The fourth-order valence-corrected chi connectivity index (χ4v) is 5.52. The number of nitrogens with zero attached hydrogens (tertiary/aromatic N) is 5. The van der Waals surface area contributed by atoms with E-state index in [1.54, 1.807) is 24.6 Å². The van der Waals surface area contributed by atoms with E-state index in [-0.39, 0.29) is 10.7 Å². The molecule has 0 atom stereocenters. The molecular formula is C22H24FN7O2S. The molecule has 0 amide bonds. The molecule has 0 unspecified atom stereocenters. The average Bonchev–Trinajstić information content (AvgIpc) is 3.49. The van der Waals surface area contributed by atoms with Crippen molar-refractivity contribution in [3.63, 3.8) is 0 Å². The van der Waals surface area contributed by atoms with E-state index in [0.29, 0.717) is 34.2 Å². The van der Waals surface area contributed by atoms with Gasteiger partial charge in [-0.1, -0.05) is 18.9 Å². The number of rotatable bonds is 5. The molecule has 11 heteroatoms. The number of hydrogen-bond donors (Lipinski definition) is 2. The smallest absolute Gasteiger partial charge is 0.281 e. The van der Waals surface area contributed by atoms with Crippen molar-refractivity contribution in [3.8, 4) is 11.1 Å². The normalized spacial score (nSPS) is 14.9. The van der Waals surface area contributed by atoms with Crippen molar-refractivity contribution in [2.45, 2.75) is 43.7 Å². The van der Waals surface area contributed by atoms with E-state index < -0.39 is 15.8 Å². The number of anilines is 2. The van der Waals surface area contributed by atoms with E-state index in [0.717, 1.165) is 31.3 Å². The Morgan fingerprint density at radius 3 is 2.61 bits per heavy atom. The third kappa shape index (κ3) is 3.71. The lowest BCUT2D eigenvalue weighted by Gasteiger charge is -2.12. The summed E-state index contributed by atoms with van der Waals surface area (Å²) in [5, 5.41) is 0.497. The molecule has 1 aliphatic carbocycles. The topological polar surface area (TPSA) is 121 Å². The van der Waals surface area contributed by atoms with Gasteiger partial charge in [0.15, 0.2) is 5.03 Å². The van der Waals surface area contributed by atoms with E-state index >= 15 is 4.39 Å². The molecule has 172 valence electrons. The van der Waals surface area contributed by atoms with E-state index in [2.05, 4.69) is 24.2 Å². The zero-order valence-electron chi connectivity index (χ0n) is 18.3. The van der Waals surface area contributed by atoms with E-state index in [1.165, 1.54) is 24.7 Å². The maximum absolute atomic E-state index is 15.1. The van der Waals surface area contributed by atoms with Crippen LogP contribution < -0.4 is 10.5 Å². The minimum atomic E-state index is -4.03. The fraction of sp³-hybridized carbons (Fsp3) is 0.318. The summed E-state index contributed by atoms with van der Waals surface area (Å²) in [4.78, 5) is 12.6. The molecule has 1 aromatic carbocycles. The second-order valence-electron chi connectivity index (χ2n) is 8.38. The largest absolute Gasteiger partial charge is 0.383 e. The molecule has 5 rings (SSSR count). The van der Waals surface area contributed by atoms with Gasteiger partial charge in [-0.3, -0.25) is 4.72 Å². The molecule has 1 fully saturated rings. The van der Waals surface area contributed by atoms with E-state index in [9.17, 15) is 8.42 Å². The molecule has 0 radical (unpaired) electrons. The first-order valence-corrected chi connectivity index (χ1v) is 12.2. The highest BCUT2D eigenvalue weighted by Crippen LogP contribution is 2.39. The number of sulfonamides is 1. The molecule has 3 aromatic heterocycles. The van der Waals surface area contributed by atoms with Gasteiger partial charge in [0, 0.05) is 31.0 Å². The number of halogens is 1. The predicted octanol–water partition coefficient (Wildman–Crippen LogP) is 3.78. The second kappa shape index (κ2) is 7.84. The molecule has 9 nitrogen and oxygen atoms in total. The van der Waals surface area contributed by atoms with E-state index in [4.69, 9.17) is 5.73 Å². The third-order valence-electron chi connectivity index (χ3n) is 6.24. The summed E-state index contributed by atoms with van der Waals surface area (Å²) in [5.41, 5.74) is 8.01. The number of hydrogen-bond acceptors (Lipinski definition) is 6. The zero-order valence-corrected chi connectivity index (χ0v) is 19.1. The summed E-state index contributed by atoms with van der Waals surface area (Å²) in [6.07, 6.45) is 9.17. The number of nitrogens with two attached hydrogens (primary N) is 1.